The van der Waals surface area contributed by atoms with Crippen molar-refractivity contribution in [2.75, 3.05) is 13.0 Å². The standard InChI is InChI=1S/C22H20F4N6O3.CH3Cl/c23-12-3-1-2-4-15(12)29-22(28-10-27)18-7-17(21(34)19(9-33)35-18)32-8-16(30-31-32)11-5-13(24)20(26)14(25)6-11;1-2/h1-6,8,10,17-19,21,33-34H,7,9H2,(H2,27,28,29);1H3. The lowest BCUT2D eigenvalue weighted by Gasteiger charge is -2.38. The van der Waals surface area contributed by atoms with Crippen molar-refractivity contribution in [3.05, 3.63) is 65.9 Å². The molecule has 2 aromatic carbocycles. The summed E-state index contributed by atoms with van der Waals surface area (Å²) in [5, 5.41) is 28.3. The van der Waals surface area contributed by atoms with Gasteiger partial charge in [0.25, 0.3) is 0 Å². The first-order valence-corrected chi connectivity index (χ1v) is 11.5. The predicted molar refractivity (Wildman–Crippen MR) is 129 cm³/mol. The van der Waals surface area contributed by atoms with Gasteiger partial charge in [-0.15, -0.1) is 16.7 Å². The summed E-state index contributed by atoms with van der Waals surface area (Å²) in [5.41, 5.74) is 5.35. The smallest absolute Gasteiger partial charge is 0.194 e. The van der Waals surface area contributed by atoms with Crippen LogP contribution in [0.3, 0.4) is 0 Å². The van der Waals surface area contributed by atoms with Crippen LogP contribution in [0.4, 0.5) is 23.2 Å². The number of aliphatic imine (C=N–C) groups is 2. The Bertz CT molecular complexity index is 1250. The van der Waals surface area contributed by atoms with Crippen LogP contribution >= 0.6 is 11.6 Å². The highest BCUT2D eigenvalue weighted by atomic mass is 35.5. The third kappa shape index (κ3) is 6.31. The molecule has 9 nitrogen and oxygen atoms in total. The number of nitrogens with zero attached hydrogens (tertiary/aromatic N) is 5. The zero-order chi connectivity index (χ0) is 27.1. The molecule has 4 atom stereocenters. The molecule has 198 valence electrons. The lowest BCUT2D eigenvalue weighted by atomic mass is 9.95. The van der Waals surface area contributed by atoms with Gasteiger partial charge in [0.1, 0.15) is 35.5 Å². The van der Waals surface area contributed by atoms with Crippen molar-refractivity contribution in [3.8, 4) is 11.3 Å². The Balaban J connectivity index is 0.00000186. The molecule has 0 saturated carbocycles. The number of hydrogen-bond acceptors (Lipinski definition) is 6. The Morgan fingerprint density at radius 1 is 1.19 bits per heavy atom. The fourth-order valence-electron chi connectivity index (χ4n) is 3.74. The maximum Gasteiger partial charge on any atom is 0.194 e. The second kappa shape index (κ2) is 12.7. The number of rotatable bonds is 5. The number of alkyl halides is 1. The molecule has 0 aliphatic carbocycles. The average molecular weight is 543 g/mol. The van der Waals surface area contributed by atoms with Crippen LogP contribution in [-0.4, -0.2) is 68.7 Å². The van der Waals surface area contributed by atoms with E-state index in [0.29, 0.717) is 0 Å². The molecule has 14 heteroatoms. The quantitative estimate of drug-likeness (QED) is 0.149. The average Bonchev–Trinajstić information content (AvgIpc) is 3.39. The molecular weight excluding hydrogens is 520 g/mol. The van der Waals surface area contributed by atoms with Gasteiger partial charge in [0.2, 0.25) is 0 Å². The molecule has 3 aromatic rings. The SMILES string of the molecule is CCl.NC=NC(=Nc1ccccc1F)C1CC(n2cc(-c3cc(F)c(F)c(F)c3)nn2)C(O)C(CO)O1. The van der Waals surface area contributed by atoms with E-state index >= 15 is 0 Å². The van der Waals surface area contributed by atoms with E-state index in [1.54, 1.807) is 6.07 Å². The van der Waals surface area contributed by atoms with Crippen LogP contribution in [0.5, 0.6) is 0 Å². The first kappa shape index (κ1) is 28.2. The third-order valence-electron chi connectivity index (χ3n) is 5.46. The van der Waals surface area contributed by atoms with E-state index in [4.69, 9.17) is 10.5 Å². The lowest BCUT2D eigenvalue weighted by molar-refractivity contribution is -0.137. The van der Waals surface area contributed by atoms with Crippen molar-refractivity contribution in [3.63, 3.8) is 0 Å². The molecule has 0 amide bonds. The Hall–Kier alpha value is -3.39. The number of halogens is 5. The normalized spacial score (nSPS) is 22.1. The minimum atomic E-state index is -1.61. The van der Waals surface area contributed by atoms with Gasteiger partial charge in [-0.2, -0.15) is 0 Å². The van der Waals surface area contributed by atoms with E-state index in [9.17, 15) is 27.8 Å². The number of amidine groups is 1. The fourth-order valence-corrected chi connectivity index (χ4v) is 3.74. The number of aliphatic hydroxyl groups excluding tert-OH is 2. The van der Waals surface area contributed by atoms with Gasteiger partial charge in [0.15, 0.2) is 23.3 Å². The van der Waals surface area contributed by atoms with Crippen LogP contribution in [0.1, 0.15) is 12.5 Å². The van der Waals surface area contributed by atoms with Crippen LogP contribution in [0, 0.1) is 23.3 Å². The molecule has 1 fully saturated rings. The van der Waals surface area contributed by atoms with E-state index in [1.807, 2.05) is 0 Å². The zero-order valence-electron chi connectivity index (χ0n) is 19.3. The number of aliphatic hydroxyl groups is 2. The molecule has 2 heterocycles. The number of benzene rings is 2. The molecule has 4 unspecified atom stereocenters. The molecule has 1 aliphatic heterocycles. The van der Waals surface area contributed by atoms with Crippen molar-refractivity contribution in [2.45, 2.75) is 30.8 Å². The van der Waals surface area contributed by atoms with E-state index < -0.39 is 54.2 Å². The van der Waals surface area contributed by atoms with Crippen molar-refractivity contribution < 1.29 is 32.5 Å². The van der Waals surface area contributed by atoms with Gasteiger partial charge in [-0.1, -0.05) is 17.3 Å². The fraction of sp³-hybridized carbons (Fsp3) is 0.304. The van der Waals surface area contributed by atoms with Crippen LogP contribution in [0.15, 0.2) is 52.6 Å². The number of ether oxygens (including phenoxy) is 1. The van der Waals surface area contributed by atoms with Gasteiger partial charge >= 0.3 is 0 Å². The third-order valence-corrected chi connectivity index (χ3v) is 5.46. The van der Waals surface area contributed by atoms with Crippen molar-refractivity contribution >= 4 is 29.5 Å². The number of aromatic nitrogens is 3. The first-order valence-electron chi connectivity index (χ1n) is 10.8. The Morgan fingerprint density at radius 2 is 1.86 bits per heavy atom. The monoisotopic (exact) mass is 542 g/mol. The molecule has 0 radical (unpaired) electrons. The van der Waals surface area contributed by atoms with Gasteiger partial charge < -0.3 is 20.7 Å². The molecule has 4 rings (SSSR count). The molecule has 37 heavy (non-hydrogen) atoms. The highest BCUT2D eigenvalue weighted by Crippen LogP contribution is 2.32. The summed E-state index contributed by atoms with van der Waals surface area (Å²) in [7, 11) is 0. The van der Waals surface area contributed by atoms with E-state index in [0.717, 1.165) is 18.5 Å². The van der Waals surface area contributed by atoms with Crippen molar-refractivity contribution in [1.29, 1.82) is 0 Å². The Kier molecular flexibility index (Phi) is 9.69. The maximum atomic E-state index is 14.1. The van der Waals surface area contributed by atoms with E-state index in [-0.39, 0.29) is 29.2 Å². The minimum Gasteiger partial charge on any atom is -0.394 e. The molecule has 0 bridgehead atoms. The van der Waals surface area contributed by atoms with E-state index in [1.165, 1.54) is 35.5 Å². The predicted octanol–water partition coefficient (Wildman–Crippen LogP) is 3.13. The molecule has 1 aromatic heterocycles. The summed E-state index contributed by atoms with van der Waals surface area (Å²) in [6.07, 6.45) is 0.388. The van der Waals surface area contributed by atoms with Crippen LogP contribution in [-0.2, 0) is 4.74 Å². The van der Waals surface area contributed by atoms with Gasteiger partial charge in [0.05, 0.1) is 25.2 Å². The lowest BCUT2D eigenvalue weighted by Crippen LogP contribution is -2.49. The first-order chi connectivity index (χ1) is 17.8. The van der Waals surface area contributed by atoms with Crippen molar-refractivity contribution in [1.82, 2.24) is 15.0 Å². The minimum absolute atomic E-state index is 0.00275. The van der Waals surface area contributed by atoms with Gasteiger partial charge in [-0.25, -0.2) is 32.2 Å². The van der Waals surface area contributed by atoms with Gasteiger partial charge in [-0.05, 0) is 24.3 Å². The van der Waals surface area contributed by atoms with Crippen LogP contribution < -0.4 is 5.73 Å². The largest absolute Gasteiger partial charge is 0.394 e. The second-order valence-corrected chi connectivity index (χ2v) is 7.68. The Morgan fingerprint density at radius 3 is 2.49 bits per heavy atom. The van der Waals surface area contributed by atoms with Crippen LogP contribution in [0.2, 0.25) is 0 Å². The van der Waals surface area contributed by atoms with Gasteiger partial charge in [0, 0.05) is 18.4 Å². The molecule has 1 saturated heterocycles. The molecule has 1 aliphatic rings. The van der Waals surface area contributed by atoms with Gasteiger partial charge in [-0.3, -0.25) is 0 Å². The van der Waals surface area contributed by atoms with Crippen molar-refractivity contribution in [2.24, 2.45) is 15.7 Å². The number of para-hydroxylation sites is 1. The maximum absolute atomic E-state index is 14.1. The Labute approximate surface area is 213 Å². The summed E-state index contributed by atoms with van der Waals surface area (Å²) >= 11 is 4.64. The summed E-state index contributed by atoms with van der Waals surface area (Å²) < 4.78 is 61.7. The van der Waals surface area contributed by atoms with E-state index in [2.05, 4.69) is 31.9 Å². The highest BCUT2D eigenvalue weighted by Gasteiger charge is 2.41. The zero-order valence-corrected chi connectivity index (χ0v) is 20.1. The summed E-state index contributed by atoms with van der Waals surface area (Å²) in [4.78, 5) is 8.16. The topological polar surface area (TPSA) is 131 Å². The summed E-state index contributed by atoms with van der Waals surface area (Å²) in [6, 6.07) is 6.38. The summed E-state index contributed by atoms with van der Waals surface area (Å²) in [5.74, 6) is -5.03. The molecule has 0 spiro atoms. The van der Waals surface area contributed by atoms with Crippen LogP contribution in [0.25, 0.3) is 11.3 Å². The number of nitrogens with two attached hydrogens (primary N) is 1. The molecular formula is C23H23ClF4N6O3. The summed E-state index contributed by atoms with van der Waals surface area (Å²) in [6.45, 7) is -0.580. The second-order valence-electron chi connectivity index (χ2n) is 7.68. The highest BCUT2D eigenvalue weighted by molar-refractivity contribution is 6.15. The molecule has 4 N–H and O–H groups in total. The number of hydrogen-bond donors (Lipinski definition) is 3.